The van der Waals surface area contributed by atoms with Crippen molar-refractivity contribution in [1.29, 1.82) is 0 Å². The zero-order chi connectivity index (χ0) is 23.9. The highest BCUT2D eigenvalue weighted by molar-refractivity contribution is 9.10. The SMILES string of the molecule is CCOC(=O)C1=C(C)N=c2s/c(=C/c3cc(Br)c(N(C)C)o3)c(=O)n2[C@H]1c1ccc(F)cc1. The van der Waals surface area contributed by atoms with Crippen molar-refractivity contribution in [3.05, 3.63) is 82.9 Å². The van der Waals surface area contributed by atoms with E-state index in [9.17, 15) is 14.0 Å². The summed E-state index contributed by atoms with van der Waals surface area (Å²) >= 11 is 4.65. The Kier molecular flexibility index (Phi) is 6.40. The van der Waals surface area contributed by atoms with Crippen molar-refractivity contribution in [2.45, 2.75) is 19.9 Å². The Morgan fingerprint density at radius 1 is 1.36 bits per heavy atom. The minimum atomic E-state index is -0.788. The highest BCUT2D eigenvalue weighted by Gasteiger charge is 2.33. The first-order valence-electron chi connectivity index (χ1n) is 10.1. The number of hydrogen-bond acceptors (Lipinski definition) is 7. The summed E-state index contributed by atoms with van der Waals surface area (Å²) in [4.78, 5) is 33.1. The largest absolute Gasteiger partial charge is 0.463 e. The van der Waals surface area contributed by atoms with Crippen LogP contribution in [0.4, 0.5) is 10.3 Å². The van der Waals surface area contributed by atoms with Crippen molar-refractivity contribution < 1.29 is 18.3 Å². The number of carbonyl (C=O) groups excluding carboxylic acids is 1. The lowest BCUT2D eigenvalue weighted by molar-refractivity contribution is -0.139. The van der Waals surface area contributed by atoms with Gasteiger partial charge >= 0.3 is 5.97 Å². The van der Waals surface area contributed by atoms with Gasteiger partial charge in [-0.1, -0.05) is 23.5 Å². The number of fused-ring (bicyclic) bond motifs is 1. The maximum atomic E-state index is 13.6. The second kappa shape index (κ2) is 9.11. The van der Waals surface area contributed by atoms with Crippen LogP contribution in [0.5, 0.6) is 0 Å². The number of hydrogen-bond donors (Lipinski definition) is 0. The van der Waals surface area contributed by atoms with E-state index in [2.05, 4.69) is 20.9 Å². The molecule has 0 unspecified atom stereocenters. The molecule has 3 aromatic rings. The first-order chi connectivity index (χ1) is 15.7. The molecule has 0 amide bonds. The van der Waals surface area contributed by atoms with Crippen molar-refractivity contribution in [3.8, 4) is 0 Å². The van der Waals surface area contributed by atoms with Crippen LogP contribution in [-0.2, 0) is 9.53 Å². The molecule has 0 spiro atoms. The Labute approximate surface area is 201 Å². The molecule has 172 valence electrons. The van der Waals surface area contributed by atoms with Gasteiger partial charge in [0.2, 0.25) is 5.88 Å². The van der Waals surface area contributed by atoms with Crippen LogP contribution >= 0.6 is 27.3 Å². The molecule has 4 rings (SSSR count). The Bertz CT molecular complexity index is 1430. The molecule has 0 radical (unpaired) electrons. The molecule has 7 nitrogen and oxygen atoms in total. The maximum absolute atomic E-state index is 13.6. The molecule has 0 fully saturated rings. The van der Waals surface area contributed by atoms with Crippen molar-refractivity contribution in [3.63, 3.8) is 0 Å². The summed E-state index contributed by atoms with van der Waals surface area (Å²) in [5.74, 6) is 0.145. The maximum Gasteiger partial charge on any atom is 0.338 e. The fourth-order valence-electron chi connectivity index (χ4n) is 3.63. The van der Waals surface area contributed by atoms with E-state index in [1.807, 2.05) is 19.0 Å². The Hall–Kier alpha value is -2.98. The number of furan rings is 1. The van der Waals surface area contributed by atoms with Crippen LogP contribution < -0.4 is 19.8 Å². The molecule has 3 heterocycles. The molecular weight excluding hydrogens is 513 g/mol. The van der Waals surface area contributed by atoms with Crippen LogP contribution in [-0.4, -0.2) is 31.2 Å². The second-order valence-electron chi connectivity index (χ2n) is 7.55. The standard InChI is InChI=1S/C23H21BrFN3O4S/c1-5-31-22(30)18-12(2)26-23-28(19(18)13-6-8-14(25)9-7-13)20(29)17(33-23)11-15-10-16(24)21(32-15)27(3)4/h6-11,19H,5H2,1-4H3/b17-11+/t19-/m0/s1. The van der Waals surface area contributed by atoms with Gasteiger partial charge in [-0.25, -0.2) is 14.2 Å². The van der Waals surface area contributed by atoms with Crippen molar-refractivity contribution >= 4 is 45.2 Å². The number of halogens is 2. The first-order valence-corrected chi connectivity index (χ1v) is 11.7. The summed E-state index contributed by atoms with van der Waals surface area (Å²) in [7, 11) is 3.70. The zero-order valence-corrected chi connectivity index (χ0v) is 20.8. The average molecular weight is 534 g/mol. The predicted molar refractivity (Wildman–Crippen MR) is 128 cm³/mol. The topological polar surface area (TPSA) is 77.0 Å². The average Bonchev–Trinajstić information content (AvgIpc) is 3.27. The van der Waals surface area contributed by atoms with E-state index in [0.29, 0.717) is 32.2 Å². The number of esters is 1. The number of carbonyl (C=O) groups is 1. The normalized spacial score (nSPS) is 15.9. The number of benzene rings is 1. The Balaban J connectivity index is 1.93. The van der Waals surface area contributed by atoms with Gasteiger partial charge < -0.3 is 14.1 Å². The fraction of sp³-hybridized carbons (Fsp3) is 0.261. The minimum Gasteiger partial charge on any atom is -0.463 e. The highest BCUT2D eigenvalue weighted by atomic mass is 79.9. The van der Waals surface area contributed by atoms with Crippen LogP contribution in [0.3, 0.4) is 0 Å². The monoisotopic (exact) mass is 533 g/mol. The van der Waals surface area contributed by atoms with Gasteiger partial charge in [0, 0.05) is 26.2 Å². The summed E-state index contributed by atoms with van der Waals surface area (Å²) in [5.41, 5.74) is 0.947. The van der Waals surface area contributed by atoms with E-state index in [0.717, 1.165) is 4.47 Å². The molecule has 0 bridgehead atoms. The number of rotatable bonds is 5. The summed E-state index contributed by atoms with van der Waals surface area (Å²) < 4.78 is 27.3. The molecule has 1 aromatic carbocycles. The third kappa shape index (κ3) is 4.32. The third-order valence-corrected chi connectivity index (χ3v) is 6.62. The quantitative estimate of drug-likeness (QED) is 0.470. The van der Waals surface area contributed by atoms with Gasteiger partial charge in [0.15, 0.2) is 4.80 Å². The number of allylic oxidation sites excluding steroid dienone is 1. The van der Waals surface area contributed by atoms with E-state index in [-0.39, 0.29) is 17.7 Å². The van der Waals surface area contributed by atoms with Gasteiger partial charge in [-0.2, -0.15) is 0 Å². The molecule has 10 heteroatoms. The molecule has 2 aromatic heterocycles. The van der Waals surface area contributed by atoms with E-state index >= 15 is 0 Å². The number of nitrogens with zero attached hydrogens (tertiary/aromatic N) is 3. The minimum absolute atomic E-state index is 0.178. The van der Waals surface area contributed by atoms with Crippen LogP contribution in [0.2, 0.25) is 0 Å². The van der Waals surface area contributed by atoms with Gasteiger partial charge in [-0.05, 0) is 47.5 Å². The molecule has 1 aliphatic rings. The van der Waals surface area contributed by atoms with Crippen molar-refractivity contribution in [2.75, 3.05) is 25.6 Å². The van der Waals surface area contributed by atoms with Gasteiger partial charge in [0.1, 0.15) is 11.6 Å². The second-order valence-corrected chi connectivity index (χ2v) is 9.41. The van der Waals surface area contributed by atoms with Gasteiger partial charge in [0.05, 0.1) is 32.9 Å². The molecule has 1 atom stereocenters. The van der Waals surface area contributed by atoms with Crippen molar-refractivity contribution in [1.82, 2.24) is 4.57 Å². The number of anilines is 1. The van der Waals surface area contributed by atoms with Crippen LogP contribution in [0.1, 0.15) is 31.2 Å². The molecular formula is C23H21BrFN3O4S. The van der Waals surface area contributed by atoms with Gasteiger partial charge in [-0.15, -0.1) is 0 Å². The first kappa shape index (κ1) is 23.2. The van der Waals surface area contributed by atoms with Gasteiger partial charge in [-0.3, -0.25) is 9.36 Å². The number of aromatic nitrogens is 1. The lowest BCUT2D eigenvalue weighted by Crippen LogP contribution is -2.39. The molecule has 0 N–H and O–H groups in total. The van der Waals surface area contributed by atoms with E-state index < -0.39 is 17.8 Å². The Morgan fingerprint density at radius 2 is 2.06 bits per heavy atom. The summed E-state index contributed by atoms with van der Waals surface area (Å²) in [5, 5.41) is 0. The molecule has 0 saturated carbocycles. The van der Waals surface area contributed by atoms with Gasteiger partial charge in [0.25, 0.3) is 5.56 Å². The molecule has 0 saturated heterocycles. The van der Waals surface area contributed by atoms with Crippen molar-refractivity contribution in [2.24, 2.45) is 4.99 Å². The third-order valence-electron chi connectivity index (χ3n) is 5.07. The zero-order valence-electron chi connectivity index (χ0n) is 18.4. The van der Waals surface area contributed by atoms with Crippen LogP contribution in [0, 0.1) is 5.82 Å². The molecule has 0 aliphatic carbocycles. The number of thiazole rings is 1. The number of ether oxygens (including phenoxy) is 1. The van der Waals surface area contributed by atoms with E-state index in [1.54, 1.807) is 38.1 Å². The predicted octanol–water partition coefficient (Wildman–Crippen LogP) is 3.36. The fourth-order valence-corrected chi connectivity index (χ4v) is 5.32. The molecule has 1 aliphatic heterocycles. The summed E-state index contributed by atoms with van der Waals surface area (Å²) in [6.07, 6.45) is 1.65. The highest BCUT2D eigenvalue weighted by Crippen LogP contribution is 2.31. The summed E-state index contributed by atoms with van der Waals surface area (Å²) in [6, 6.07) is 6.70. The molecule has 33 heavy (non-hydrogen) atoms. The van der Waals surface area contributed by atoms with Crippen LogP contribution in [0.15, 0.2) is 60.3 Å². The smallest absolute Gasteiger partial charge is 0.338 e. The lowest BCUT2D eigenvalue weighted by atomic mass is 9.96. The van der Waals surface area contributed by atoms with E-state index in [1.165, 1.54) is 28.0 Å². The Morgan fingerprint density at radius 3 is 2.67 bits per heavy atom. The van der Waals surface area contributed by atoms with E-state index in [4.69, 9.17) is 9.15 Å². The summed E-state index contributed by atoms with van der Waals surface area (Å²) in [6.45, 7) is 3.59. The van der Waals surface area contributed by atoms with Crippen LogP contribution in [0.25, 0.3) is 6.08 Å². The lowest BCUT2D eigenvalue weighted by Gasteiger charge is -2.24.